The van der Waals surface area contributed by atoms with Crippen molar-refractivity contribution >= 4 is 17.6 Å². The Labute approximate surface area is 168 Å². The van der Waals surface area contributed by atoms with E-state index in [1.807, 2.05) is 30.3 Å². The van der Waals surface area contributed by atoms with Crippen LogP contribution in [0.1, 0.15) is 32.2 Å². The summed E-state index contributed by atoms with van der Waals surface area (Å²) in [5.41, 5.74) is 1.43. The summed E-state index contributed by atoms with van der Waals surface area (Å²) in [5.74, 6) is 0.365. The highest BCUT2D eigenvalue weighted by atomic mass is 16.5. The highest BCUT2D eigenvalue weighted by molar-refractivity contribution is 6.07. The van der Waals surface area contributed by atoms with Crippen LogP contribution in [0.15, 0.2) is 59.0 Å². The summed E-state index contributed by atoms with van der Waals surface area (Å²) >= 11 is 0. The van der Waals surface area contributed by atoms with E-state index in [9.17, 15) is 9.59 Å². The Bertz CT molecular complexity index is 1010. The Balaban J connectivity index is 1.84. The lowest BCUT2D eigenvalue weighted by Gasteiger charge is -2.14. The molecule has 0 aliphatic heterocycles. The SMILES string of the molecule is COC(=O)c1cc(OC)c(OC)cc1NC(=O)c1ccc(Cc2ccccc2)o1. The lowest BCUT2D eigenvalue weighted by molar-refractivity contribution is 0.0601. The van der Waals surface area contributed by atoms with Crippen molar-refractivity contribution in [2.75, 3.05) is 26.6 Å². The van der Waals surface area contributed by atoms with Crippen LogP contribution in [0.2, 0.25) is 0 Å². The molecular formula is C22H21NO6. The fourth-order valence-electron chi connectivity index (χ4n) is 2.84. The molecule has 1 heterocycles. The second-order valence-electron chi connectivity index (χ2n) is 6.13. The first kappa shape index (κ1) is 20.0. The van der Waals surface area contributed by atoms with E-state index in [1.54, 1.807) is 12.1 Å². The van der Waals surface area contributed by atoms with Crippen molar-refractivity contribution in [1.82, 2.24) is 0 Å². The third-order valence-electron chi connectivity index (χ3n) is 4.28. The molecule has 0 aliphatic carbocycles. The van der Waals surface area contributed by atoms with Crippen LogP contribution in [0.4, 0.5) is 5.69 Å². The Morgan fingerprint density at radius 3 is 2.28 bits per heavy atom. The Hall–Kier alpha value is -3.74. The zero-order chi connectivity index (χ0) is 20.8. The maximum Gasteiger partial charge on any atom is 0.340 e. The molecule has 0 radical (unpaired) electrons. The van der Waals surface area contributed by atoms with Crippen molar-refractivity contribution in [2.24, 2.45) is 0 Å². The first-order valence-electron chi connectivity index (χ1n) is 8.84. The van der Waals surface area contributed by atoms with Gasteiger partial charge in [-0.2, -0.15) is 0 Å². The van der Waals surface area contributed by atoms with E-state index in [0.717, 1.165) is 5.56 Å². The standard InChI is InChI=1S/C22H21NO6/c1-26-19-12-16(22(25)28-3)17(13-20(19)27-2)23-21(24)18-10-9-15(29-18)11-14-7-5-4-6-8-14/h4-10,12-13H,11H2,1-3H3,(H,23,24). The molecule has 0 spiro atoms. The molecule has 0 unspecified atom stereocenters. The quantitative estimate of drug-likeness (QED) is 0.610. The summed E-state index contributed by atoms with van der Waals surface area (Å²) in [6.07, 6.45) is 0.567. The number of furan rings is 1. The molecule has 1 aromatic heterocycles. The van der Waals surface area contributed by atoms with E-state index in [4.69, 9.17) is 18.6 Å². The number of carbonyl (C=O) groups excluding carboxylic acids is 2. The lowest BCUT2D eigenvalue weighted by Crippen LogP contribution is -2.15. The van der Waals surface area contributed by atoms with Gasteiger partial charge in [-0.3, -0.25) is 4.79 Å². The van der Waals surface area contributed by atoms with Crippen LogP contribution in [0, 0.1) is 0 Å². The van der Waals surface area contributed by atoms with Crippen molar-refractivity contribution in [1.29, 1.82) is 0 Å². The molecule has 0 saturated heterocycles. The highest BCUT2D eigenvalue weighted by Crippen LogP contribution is 2.34. The minimum atomic E-state index is -0.620. The topological polar surface area (TPSA) is 87.0 Å². The molecular weight excluding hydrogens is 374 g/mol. The minimum Gasteiger partial charge on any atom is -0.493 e. The molecule has 2 aromatic carbocycles. The fourth-order valence-corrected chi connectivity index (χ4v) is 2.84. The summed E-state index contributed by atoms with van der Waals surface area (Å²) in [5, 5.41) is 2.68. The van der Waals surface area contributed by atoms with Gasteiger partial charge in [0, 0.05) is 18.6 Å². The largest absolute Gasteiger partial charge is 0.493 e. The average Bonchev–Trinajstić information content (AvgIpc) is 3.22. The predicted octanol–water partition coefficient (Wildman–Crippen LogP) is 3.93. The zero-order valence-electron chi connectivity index (χ0n) is 16.4. The molecule has 7 heteroatoms. The van der Waals surface area contributed by atoms with E-state index >= 15 is 0 Å². The summed E-state index contributed by atoms with van der Waals surface area (Å²) in [6.45, 7) is 0. The fraction of sp³-hybridized carbons (Fsp3) is 0.182. The summed E-state index contributed by atoms with van der Waals surface area (Å²) in [6, 6.07) is 16.1. The van der Waals surface area contributed by atoms with Crippen LogP contribution >= 0.6 is 0 Å². The van der Waals surface area contributed by atoms with Gasteiger partial charge in [-0.1, -0.05) is 30.3 Å². The number of carbonyl (C=O) groups is 2. The Morgan fingerprint density at radius 2 is 1.62 bits per heavy atom. The maximum atomic E-state index is 12.7. The number of methoxy groups -OCH3 is 3. The van der Waals surface area contributed by atoms with Crippen LogP contribution < -0.4 is 14.8 Å². The van der Waals surface area contributed by atoms with Crippen molar-refractivity contribution < 1.29 is 28.2 Å². The molecule has 0 atom stereocenters. The van der Waals surface area contributed by atoms with Gasteiger partial charge >= 0.3 is 5.97 Å². The van der Waals surface area contributed by atoms with Gasteiger partial charge in [-0.05, 0) is 17.7 Å². The molecule has 29 heavy (non-hydrogen) atoms. The summed E-state index contributed by atoms with van der Waals surface area (Å²) < 4.78 is 20.9. The zero-order valence-corrected chi connectivity index (χ0v) is 16.4. The summed E-state index contributed by atoms with van der Waals surface area (Å²) in [4.78, 5) is 24.8. The van der Waals surface area contributed by atoms with Gasteiger partial charge in [0.2, 0.25) is 0 Å². The smallest absolute Gasteiger partial charge is 0.340 e. The van der Waals surface area contributed by atoms with Gasteiger partial charge in [-0.15, -0.1) is 0 Å². The van der Waals surface area contributed by atoms with Gasteiger partial charge in [0.25, 0.3) is 5.91 Å². The van der Waals surface area contributed by atoms with Gasteiger partial charge in [-0.25, -0.2) is 4.79 Å². The average molecular weight is 395 g/mol. The van der Waals surface area contributed by atoms with Gasteiger partial charge in [0.05, 0.1) is 32.6 Å². The number of hydrogen-bond acceptors (Lipinski definition) is 6. The van der Waals surface area contributed by atoms with Gasteiger partial charge in [0.15, 0.2) is 17.3 Å². The number of ether oxygens (including phenoxy) is 3. The molecule has 7 nitrogen and oxygen atoms in total. The van der Waals surface area contributed by atoms with E-state index in [-0.39, 0.29) is 17.0 Å². The van der Waals surface area contributed by atoms with Crippen LogP contribution in [0.25, 0.3) is 0 Å². The molecule has 0 saturated carbocycles. The Morgan fingerprint density at radius 1 is 0.931 bits per heavy atom. The third kappa shape index (κ3) is 4.57. The first-order chi connectivity index (χ1) is 14.0. The van der Waals surface area contributed by atoms with E-state index in [0.29, 0.717) is 23.7 Å². The molecule has 0 aliphatic rings. The second kappa shape index (κ2) is 8.97. The van der Waals surface area contributed by atoms with Crippen LogP contribution in [0.5, 0.6) is 11.5 Å². The van der Waals surface area contributed by atoms with Crippen LogP contribution in [-0.4, -0.2) is 33.2 Å². The van der Waals surface area contributed by atoms with Crippen molar-refractivity contribution in [3.63, 3.8) is 0 Å². The van der Waals surface area contributed by atoms with Crippen molar-refractivity contribution in [3.05, 3.63) is 77.2 Å². The van der Waals surface area contributed by atoms with Gasteiger partial charge in [0.1, 0.15) is 5.76 Å². The van der Waals surface area contributed by atoms with E-state index in [2.05, 4.69) is 5.32 Å². The van der Waals surface area contributed by atoms with E-state index < -0.39 is 11.9 Å². The third-order valence-corrected chi connectivity index (χ3v) is 4.28. The number of benzene rings is 2. The molecule has 1 amide bonds. The predicted molar refractivity (Wildman–Crippen MR) is 107 cm³/mol. The minimum absolute atomic E-state index is 0.126. The molecule has 0 fully saturated rings. The molecule has 0 bridgehead atoms. The number of nitrogens with one attached hydrogen (secondary N) is 1. The summed E-state index contributed by atoms with van der Waals surface area (Å²) in [7, 11) is 4.17. The van der Waals surface area contributed by atoms with Crippen molar-refractivity contribution in [2.45, 2.75) is 6.42 Å². The highest BCUT2D eigenvalue weighted by Gasteiger charge is 2.21. The molecule has 150 valence electrons. The monoisotopic (exact) mass is 395 g/mol. The maximum absolute atomic E-state index is 12.7. The lowest BCUT2D eigenvalue weighted by atomic mass is 10.1. The van der Waals surface area contributed by atoms with E-state index in [1.165, 1.54) is 33.5 Å². The number of hydrogen-bond donors (Lipinski definition) is 1. The van der Waals surface area contributed by atoms with Crippen LogP contribution in [0.3, 0.4) is 0 Å². The normalized spacial score (nSPS) is 10.3. The first-order valence-corrected chi connectivity index (χ1v) is 8.84. The number of esters is 1. The Kier molecular flexibility index (Phi) is 6.19. The molecule has 1 N–H and O–H groups in total. The molecule has 3 aromatic rings. The number of amides is 1. The van der Waals surface area contributed by atoms with Crippen LogP contribution in [-0.2, 0) is 11.2 Å². The molecule has 3 rings (SSSR count). The van der Waals surface area contributed by atoms with Gasteiger partial charge < -0.3 is 23.9 Å². The second-order valence-corrected chi connectivity index (χ2v) is 6.13. The number of anilines is 1. The number of rotatable bonds is 7. The van der Waals surface area contributed by atoms with Crippen molar-refractivity contribution in [3.8, 4) is 11.5 Å².